The van der Waals surface area contributed by atoms with E-state index < -0.39 is 18.1 Å². The maximum atomic E-state index is 11.5. The smallest absolute Gasteiger partial charge is 0.408 e. The lowest BCUT2D eigenvalue weighted by molar-refractivity contribution is -0.143. The van der Waals surface area contributed by atoms with Crippen LogP contribution in [0.25, 0.3) is 0 Å². The molecule has 1 aromatic rings. The van der Waals surface area contributed by atoms with Gasteiger partial charge in [-0.05, 0) is 5.56 Å². The second kappa shape index (κ2) is 8.10. The fourth-order valence-electron chi connectivity index (χ4n) is 1.43. The maximum Gasteiger partial charge on any atom is 0.408 e. The molecule has 6 nitrogen and oxygen atoms in total. The van der Waals surface area contributed by atoms with E-state index in [1.165, 1.54) is 7.11 Å². The van der Waals surface area contributed by atoms with Crippen LogP contribution in [0.3, 0.4) is 0 Å². The van der Waals surface area contributed by atoms with E-state index in [0.29, 0.717) is 0 Å². The van der Waals surface area contributed by atoms with Gasteiger partial charge in [0, 0.05) is 13.0 Å². The zero-order chi connectivity index (χ0) is 14.1. The van der Waals surface area contributed by atoms with E-state index in [1.54, 1.807) is 0 Å². The van der Waals surface area contributed by atoms with E-state index in [2.05, 4.69) is 10.1 Å². The predicted molar refractivity (Wildman–Crippen MR) is 67.3 cm³/mol. The molecule has 1 aromatic carbocycles. The van der Waals surface area contributed by atoms with Crippen LogP contribution in [0.4, 0.5) is 4.79 Å². The lowest BCUT2D eigenvalue weighted by Gasteiger charge is -2.15. The van der Waals surface area contributed by atoms with Crippen LogP contribution >= 0.6 is 0 Å². The normalized spacial score (nSPS) is 11.5. The minimum Gasteiger partial charge on any atom is -0.467 e. The first-order valence-corrected chi connectivity index (χ1v) is 5.83. The molecule has 0 bridgehead atoms. The monoisotopic (exact) mass is 267 g/mol. The van der Waals surface area contributed by atoms with Gasteiger partial charge in [0.15, 0.2) is 0 Å². The Morgan fingerprint density at radius 3 is 2.58 bits per heavy atom. The van der Waals surface area contributed by atoms with E-state index in [1.807, 2.05) is 30.3 Å². The summed E-state index contributed by atoms with van der Waals surface area (Å²) < 4.78 is 9.47. The summed E-state index contributed by atoms with van der Waals surface area (Å²) >= 11 is 0. The highest BCUT2D eigenvalue weighted by molar-refractivity contribution is 5.81. The van der Waals surface area contributed by atoms with Gasteiger partial charge >= 0.3 is 12.1 Å². The van der Waals surface area contributed by atoms with Crippen molar-refractivity contribution in [2.24, 2.45) is 0 Å². The maximum absolute atomic E-state index is 11.5. The van der Waals surface area contributed by atoms with Crippen molar-refractivity contribution in [1.82, 2.24) is 5.32 Å². The van der Waals surface area contributed by atoms with Gasteiger partial charge in [-0.3, -0.25) is 0 Å². The van der Waals surface area contributed by atoms with Crippen molar-refractivity contribution in [2.75, 3.05) is 13.7 Å². The van der Waals surface area contributed by atoms with Gasteiger partial charge in [0.1, 0.15) is 12.6 Å². The molecule has 6 heteroatoms. The first kappa shape index (κ1) is 15.0. The quantitative estimate of drug-likeness (QED) is 0.746. The molecule has 0 spiro atoms. The second-order valence-corrected chi connectivity index (χ2v) is 3.79. The van der Waals surface area contributed by atoms with Crippen molar-refractivity contribution in [1.29, 1.82) is 0 Å². The Morgan fingerprint density at radius 2 is 2.00 bits per heavy atom. The van der Waals surface area contributed by atoms with E-state index >= 15 is 0 Å². The number of hydrogen-bond acceptors (Lipinski definition) is 5. The van der Waals surface area contributed by atoms with Crippen molar-refractivity contribution in [3.05, 3.63) is 35.9 Å². The van der Waals surface area contributed by atoms with E-state index in [0.717, 1.165) is 5.56 Å². The van der Waals surface area contributed by atoms with Gasteiger partial charge in [-0.2, -0.15) is 0 Å². The second-order valence-electron chi connectivity index (χ2n) is 3.79. The molecule has 0 aliphatic rings. The fraction of sp³-hybridized carbons (Fsp3) is 0.385. The number of hydrogen-bond donors (Lipinski definition) is 2. The summed E-state index contributed by atoms with van der Waals surface area (Å²) in [6, 6.07) is 8.26. The molecule has 1 atom stereocenters. The summed E-state index contributed by atoms with van der Waals surface area (Å²) in [4.78, 5) is 22.8. The molecule has 0 heterocycles. The number of benzene rings is 1. The van der Waals surface area contributed by atoms with Crippen molar-refractivity contribution >= 4 is 12.1 Å². The number of carbonyl (C=O) groups is 2. The molecule has 1 amide bonds. The molecule has 0 radical (unpaired) electrons. The first-order chi connectivity index (χ1) is 9.17. The number of esters is 1. The minimum absolute atomic E-state index is 0.0765. The Kier molecular flexibility index (Phi) is 6.38. The molecule has 19 heavy (non-hydrogen) atoms. The lowest BCUT2D eigenvalue weighted by Crippen LogP contribution is -2.42. The summed E-state index contributed by atoms with van der Waals surface area (Å²) in [5.41, 5.74) is 0.842. The molecule has 1 unspecified atom stereocenters. The molecule has 0 aliphatic heterocycles. The van der Waals surface area contributed by atoms with Gasteiger partial charge in [0.05, 0.1) is 7.11 Å². The highest BCUT2D eigenvalue weighted by atomic mass is 16.6. The Bertz CT molecular complexity index is 407. The number of aliphatic hydroxyl groups is 1. The number of amides is 1. The van der Waals surface area contributed by atoms with Gasteiger partial charge in [-0.25, -0.2) is 9.59 Å². The van der Waals surface area contributed by atoms with E-state index in [4.69, 9.17) is 9.84 Å². The summed E-state index contributed by atoms with van der Waals surface area (Å²) in [6.07, 6.45) is -0.652. The van der Waals surface area contributed by atoms with Gasteiger partial charge in [-0.15, -0.1) is 0 Å². The van der Waals surface area contributed by atoms with Crippen LogP contribution in [0.1, 0.15) is 12.0 Å². The van der Waals surface area contributed by atoms with Crippen LogP contribution in [-0.2, 0) is 20.9 Å². The topological polar surface area (TPSA) is 84.9 Å². The highest BCUT2D eigenvalue weighted by Gasteiger charge is 2.21. The Hall–Kier alpha value is -2.08. The molecule has 104 valence electrons. The SMILES string of the molecule is COC(=O)C(CCO)NC(=O)OCc1ccccc1. The van der Waals surface area contributed by atoms with Gasteiger partial charge in [0.2, 0.25) is 0 Å². The molecule has 0 aromatic heterocycles. The molecule has 0 saturated heterocycles. The largest absolute Gasteiger partial charge is 0.467 e. The molecular formula is C13H17NO5. The van der Waals surface area contributed by atoms with Crippen LogP contribution in [0, 0.1) is 0 Å². The van der Waals surface area contributed by atoms with Crippen LogP contribution in [0.15, 0.2) is 30.3 Å². The molecular weight excluding hydrogens is 250 g/mol. The molecule has 1 rings (SSSR count). The lowest BCUT2D eigenvalue weighted by atomic mass is 10.2. The number of ether oxygens (including phenoxy) is 2. The standard InChI is InChI=1S/C13H17NO5/c1-18-12(16)11(7-8-15)14-13(17)19-9-10-5-3-2-4-6-10/h2-6,11,15H,7-9H2,1H3,(H,14,17). The Labute approximate surface area is 111 Å². The zero-order valence-corrected chi connectivity index (χ0v) is 10.7. The first-order valence-electron chi connectivity index (χ1n) is 5.83. The van der Waals surface area contributed by atoms with Crippen LogP contribution in [0.2, 0.25) is 0 Å². The van der Waals surface area contributed by atoms with Crippen molar-refractivity contribution in [3.63, 3.8) is 0 Å². The third-order valence-electron chi connectivity index (χ3n) is 2.41. The van der Waals surface area contributed by atoms with Crippen molar-refractivity contribution in [3.8, 4) is 0 Å². The summed E-state index contributed by atoms with van der Waals surface area (Å²) in [5.74, 6) is -0.620. The number of carbonyl (C=O) groups excluding carboxylic acids is 2. The summed E-state index contributed by atoms with van der Waals surface area (Å²) in [5, 5.41) is 11.1. The van der Waals surface area contributed by atoms with E-state index in [9.17, 15) is 9.59 Å². The van der Waals surface area contributed by atoms with Crippen molar-refractivity contribution < 1.29 is 24.2 Å². The van der Waals surface area contributed by atoms with Gasteiger partial charge < -0.3 is 19.9 Å². The predicted octanol–water partition coefficient (Wildman–Crippen LogP) is 0.837. The average molecular weight is 267 g/mol. The summed E-state index contributed by atoms with van der Waals surface area (Å²) in [6.45, 7) is -0.127. The molecule has 0 aliphatic carbocycles. The zero-order valence-electron chi connectivity index (χ0n) is 10.7. The number of rotatable bonds is 6. The third-order valence-corrected chi connectivity index (χ3v) is 2.41. The average Bonchev–Trinajstić information content (AvgIpc) is 2.45. The summed E-state index contributed by atoms with van der Waals surface area (Å²) in [7, 11) is 1.21. The third kappa shape index (κ3) is 5.39. The van der Waals surface area contributed by atoms with Crippen LogP contribution in [-0.4, -0.2) is 36.9 Å². The fourth-order valence-corrected chi connectivity index (χ4v) is 1.43. The Morgan fingerprint density at radius 1 is 1.32 bits per heavy atom. The number of aliphatic hydroxyl groups excluding tert-OH is 1. The number of methoxy groups -OCH3 is 1. The highest BCUT2D eigenvalue weighted by Crippen LogP contribution is 2.01. The van der Waals surface area contributed by atoms with Crippen LogP contribution < -0.4 is 5.32 Å². The van der Waals surface area contributed by atoms with Crippen molar-refractivity contribution in [2.45, 2.75) is 19.1 Å². The van der Waals surface area contributed by atoms with Gasteiger partial charge in [-0.1, -0.05) is 30.3 Å². The van der Waals surface area contributed by atoms with Gasteiger partial charge in [0.25, 0.3) is 0 Å². The minimum atomic E-state index is -0.904. The number of nitrogens with one attached hydrogen (secondary N) is 1. The molecule has 0 saturated carbocycles. The van der Waals surface area contributed by atoms with E-state index in [-0.39, 0.29) is 19.6 Å². The molecule has 2 N–H and O–H groups in total. The molecule has 0 fully saturated rings. The Balaban J connectivity index is 2.42. The number of alkyl carbamates (subject to hydrolysis) is 1. The van der Waals surface area contributed by atoms with Crippen LogP contribution in [0.5, 0.6) is 0 Å².